The number of allylic oxidation sites excluding steroid dienone is 1. The van der Waals surface area contributed by atoms with E-state index in [1.54, 1.807) is 18.6 Å². The molecule has 2 fully saturated rings. The molecule has 1 saturated carbocycles. The molecule has 2 aliphatic carbocycles. The molecule has 1 aromatic rings. The van der Waals surface area contributed by atoms with Gasteiger partial charge in [0.15, 0.2) is 0 Å². The van der Waals surface area contributed by atoms with E-state index in [1.807, 2.05) is 13.0 Å². The van der Waals surface area contributed by atoms with E-state index >= 15 is 0 Å². The van der Waals surface area contributed by atoms with Crippen LogP contribution in [0.1, 0.15) is 51.2 Å². The predicted molar refractivity (Wildman–Crippen MR) is 101 cm³/mol. The molecule has 1 saturated heterocycles. The molecular formula is C22H28O7. The summed E-state index contributed by atoms with van der Waals surface area (Å²) < 4.78 is 16.7. The van der Waals surface area contributed by atoms with Crippen LogP contribution in [0.3, 0.4) is 0 Å². The summed E-state index contributed by atoms with van der Waals surface area (Å²) in [4.78, 5) is 25.2. The van der Waals surface area contributed by atoms with Crippen LogP contribution >= 0.6 is 0 Å². The molecule has 158 valence electrons. The number of carbonyl (C=O) groups excluding carboxylic acids is 2. The highest BCUT2D eigenvalue weighted by Crippen LogP contribution is 2.66. The molecule has 1 aliphatic heterocycles. The van der Waals surface area contributed by atoms with Gasteiger partial charge in [-0.15, -0.1) is 0 Å². The first-order valence-corrected chi connectivity index (χ1v) is 10.2. The number of carbonyl (C=O) groups is 2. The average molecular weight is 404 g/mol. The molecule has 6 atom stereocenters. The third-order valence-electron chi connectivity index (χ3n) is 7.52. The number of ether oxygens (including phenoxy) is 2. The minimum absolute atomic E-state index is 0.112. The Morgan fingerprint density at radius 2 is 2.17 bits per heavy atom. The van der Waals surface area contributed by atoms with Crippen molar-refractivity contribution in [2.75, 3.05) is 13.2 Å². The van der Waals surface area contributed by atoms with Crippen LogP contribution in [-0.4, -0.2) is 41.5 Å². The molecule has 0 bridgehead atoms. The van der Waals surface area contributed by atoms with E-state index in [9.17, 15) is 19.8 Å². The Kier molecular flexibility index (Phi) is 5.07. The Morgan fingerprint density at radius 3 is 2.79 bits per heavy atom. The van der Waals surface area contributed by atoms with Crippen molar-refractivity contribution in [2.24, 2.45) is 22.7 Å². The minimum Gasteiger partial charge on any atom is -0.472 e. The smallest absolute Gasteiger partial charge is 0.313 e. The number of hydrogen-bond donors (Lipinski definition) is 2. The van der Waals surface area contributed by atoms with Crippen LogP contribution in [0.15, 0.2) is 34.7 Å². The lowest BCUT2D eigenvalue weighted by Gasteiger charge is -2.59. The summed E-state index contributed by atoms with van der Waals surface area (Å²) in [5.74, 6) is -1.12. The quantitative estimate of drug-likeness (QED) is 0.587. The van der Waals surface area contributed by atoms with Gasteiger partial charge in [-0.1, -0.05) is 13.0 Å². The van der Waals surface area contributed by atoms with Crippen LogP contribution in [0.2, 0.25) is 0 Å². The molecule has 2 heterocycles. The Hall–Kier alpha value is -2.12. The maximum atomic E-state index is 13.4. The Morgan fingerprint density at radius 1 is 1.38 bits per heavy atom. The van der Waals surface area contributed by atoms with E-state index in [2.05, 4.69) is 0 Å². The lowest BCUT2D eigenvalue weighted by Crippen LogP contribution is -2.63. The van der Waals surface area contributed by atoms with Crippen molar-refractivity contribution in [3.63, 3.8) is 0 Å². The van der Waals surface area contributed by atoms with Gasteiger partial charge in [-0.05, 0) is 42.7 Å². The highest BCUT2D eigenvalue weighted by atomic mass is 16.6. The van der Waals surface area contributed by atoms with Crippen LogP contribution in [0, 0.1) is 22.7 Å². The molecule has 2 N–H and O–H groups in total. The standard InChI is InChI=1S/C22H28O7/c1-13-8-19(28-14(2)25)22(12-24)16(10-23)4-3-5-18(22)21(13)9-17(29-20(21)26)15-6-7-27-11-15/h4,6-7,11,13,17-19,23-24H,3,5,8-10,12H2,1-2H3/t13-,17-,18+,19+,21-,22+/m0/s1. The minimum atomic E-state index is -0.991. The van der Waals surface area contributed by atoms with Gasteiger partial charge >= 0.3 is 11.9 Å². The van der Waals surface area contributed by atoms with Gasteiger partial charge in [0.2, 0.25) is 0 Å². The third-order valence-corrected chi connectivity index (χ3v) is 7.52. The molecule has 0 amide bonds. The monoisotopic (exact) mass is 404 g/mol. The van der Waals surface area contributed by atoms with E-state index < -0.39 is 29.0 Å². The SMILES string of the molecule is CC(=O)O[C@@H]1C[C@H](C)[C@@]2(C[C@@H](c3ccoc3)OC2=O)[C@H]2CCC=C(CO)[C@]21CO. The van der Waals surface area contributed by atoms with Gasteiger partial charge in [0.1, 0.15) is 12.2 Å². The van der Waals surface area contributed by atoms with Gasteiger partial charge in [-0.25, -0.2) is 0 Å². The number of rotatable bonds is 4. The lowest BCUT2D eigenvalue weighted by molar-refractivity contribution is -0.192. The van der Waals surface area contributed by atoms with Gasteiger partial charge < -0.3 is 24.1 Å². The van der Waals surface area contributed by atoms with E-state index in [-0.39, 0.29) is 31.0 Å². The molecule has 3 aliphatic rings. The summed E-state index contributed by atoms with van der Waals surface area (Å²) >= 11 is 0. The Labute approximate surface area is 169 Å². The van der Waals surface area contributed by atoms with Crippen LogP contribution in [0.25, 0.3) is 0 Å². The van der Waals surface area contributed by atoms with Crippen LogP contribution in [0.4, 0.5) is 0 Å². The zero-order valence-electron chi connectivity index (χ0n) is 16.8. The summed E-state index contributed by atoms with van der Waals surface area (Å²) in [6, 6.07) is 1.80. The van der Waals surface area contributed by atoms with E-state index in [4.69, 9.17) is 13.9 Å². The van der Waals surface area contributed by atoms with Crippen molar-refractivity contribution in [1.82, 2.24) is 0 Å². The number of furan rings is 1. The topological polar surface area (TPSA) is 106 Å². The van der Waals surface area contributed by atoms with Gasteiger partial charge in [0.05, 0.1) is 36.6 Å². The second kappa shape index (κ2) is 7.29. The van der Waals surface area contributed by atoms with Crippen LogP contribution in [0.5, 0.6) is 0 Å². The fourth-order valence-electron chi connectivity index (χ4n) is 6.21. The normalized spacial score (nSPS) is 39.0. The molecule has 0 radical (unpaired) electrons. The summed E-state index contributed by atoms with van der Waals surface area (Å²) in [7, 11) is 0. The molecule has 29 heavy (non-hydrogen) atoms. The summed E-state index contributed by atoms with van der Waals surface area (Å²) in [5, 5.41) is 20.7. The van der Waals surface area contributed by atoms with Crippen LogP contribution < -0.4 is 0 Å². The molecule has 7 nitrogen and oxygen atoms in total. The highest BCUT2D eigenvalue weighted by molar-refractivity contribution is 5.81. The van der Waals surface area contributed by atoms with Crippen molar-refractivity contribution in [3.05, 3.63) is 35.8 Å². The van der Waals surface area contributed by atoms with Gasteiger partial charge in [-0.3, -0.25) is 9.59 Å². The fraction of sp³-hybridized carbons (Fsp3) is 0.636. The number of hydrogen-bond acceptors (Lipinski definition) is 7. The second-order valence-corrected chi connectivity index (χ2v) is 8.65. The third kappa shape index (κ3) is 2.78. The van der Waals surface area contributed by atoms with Crippen molar-refractivity contribution in [3.8, 4) is 0 Å². The number of fused-ring (bicyclic) bond motifs is 2. The van der Waals surface area contributed by atoms with E-state index in [0.29, 0.717) is 31.3 Å². The predicted octanol–water partition coefficient (Wildman–Crippen LogP) is 2.53. The molecule has 4 rings (SSSR count). The lowest BCUT2D eigenvalue weighted by atomic mass is 9.45. The number of cyclic esters (lactones) is 1. The van der Waals surface area contributed by atoms with Crippen molar-refractivity contribution >= 4 is 11.9 Å². The first kappa shape index (κ1) is 20.2. The van der Waals surface area contributed by atoms with Crippen molar-refractivity contribution in [1.29, 1.82) is 0 Å². The first-order chi connectivity index (χ1) is 13.9. The summed E-state index contributed by atoms with van der Waals surface area (Å²) in [6.45, 7) is 2.78. The van der Waals surface area contributed by atoms with E-state index in [1.165, 1.54) is 6.92 Å². The summed E-state index contributed by atoms with van der Waals surface area (Å²) in [5.41, 5.74) is -0.355. The molecule has 1 aromatic heterocycles. The maximum Gasteiger partial charge on any atom is 0.313 e. The zero-order valence-corrected chi connectivity index (χ0v) is 16.8. The van der Waals surface area contributed by atoms with Gasteiger partial charge in [0.25, 0.3) is 0 Å². The van der Waals surface area contributed by atoms with Gasteiger partial charge in [-0.2, -0.15) is 0 Å². The second-order valence-electron chi connectivity index (χ2n) is 8.65. The molecular weight excluding hydrogens is 376 g/mol. The molecule has 1 spiro atoms. The van der Waals surface area contributed by atoms with Crippen molar-refractivity contribution < 1.29 is 33.7 Å². The largest absolute Gasteiger partial charge is 0.472 e. The molecule has 0 unspecified atom stereocenters. The molecule has 7 heteroatoms. The Bertz CT molecular complexity index is 813. The maximum absolute atomic E-state index is 13.4. The molecule has 0 aromatic carbocycles. The van der Waals surface area contributed by atoms with Crippen molar-refractivity contribution in [2.45, 2.75) is 51.7 Å². The number of esters is 2. The average Bonchev–Trinajstić information content (AvgIpc) is 3.34. The number of aliphatic hydroxyl groups is 2. The Balaban J connectivity index is 1.82. The zero-order chi connectivity index (χ0) is 20.8. The van der Waals surface area contributed by atoms with Crippen LogP contribution in [-0.2, 0) is 19.1 Å². The van der Waals surface area contributed by atoms with Gasteiger partial charge in [0, 0.05) is 18.9 Å². The van der Waals surface area contributed by atoms with E-state index in [0.717, 1.165) is 5.56 Å². The number of aliphatic hydroxyl groups excluding tert-OH is 2. The first-order valence-electron chi connectivity index (χ1n) is 10.2. The fourth-order valence-corrected chi connectivity index (χ4v) is 6.21. The summed E-state index contributed by atoms with van der Waals surface area (Å²) in [6.07, 6.45) is 6.29. The highest BCUT2D eigenvalue weighted by Gasteiger charge is 2.69.